The standard InChI is InChI=1S/C17H19N5O4/c1-26-17(23)13-9-14(22(24)25)16(20-11-13)19-10-12-4-5-18-15(8-12)21-6-2-3-7-21/h4-5,8-9,11H,2-3,6-7,10H2,1H3,(H,19,20). The van der Waals surface area contributed by atoms with Crippen molar-refractivity contribution in [2.24, 2.45) is 0 Å². The second-order valence-electron chi connectivity index (χ2n) is 5.91. The third-order valence-corrected chi connectivity index (χ3v) is 4.19. The van der Waals surface area contributed by atoms with Crippen LogP contribution in [0.3, 0.4) is 0 Å². The van der Waals surface area contributed by atoms with Gasteiger partial charge in [0.1, 0.15) is 5.82 Å². The van der Waals surface area contributed by atoms with Crippen molar-refractivity contribution >= 4 is 23.3 Å². The van der Waals surface area contributed by atoms with Crippen molar-refractivity contribution in [3.8, 4) is 0 Å². The number of pyridine rings is 2. The molecule has 0 amide bonds. The molecule has 1 N–H and O–H groups in total. The molecule has 0 radical (unpaired) electrons. The number of hydrogen-bond acceptors (Lipinski definition) is 8. The van der Waals surface area contributed by atoms with Gasteiger partial charge in [-0.25, -0.2) is 14.8 Å². The van der Waals surface area contributed by atoms with Crippen molar-refractivity contribution < 1.29 is 14.5 Å². The van der Waals surface area contributed by atoms with Gasteiger partial charge in [0, 0.05) is 38.1 Å². The van der Waals surface area contributed by atoms with Crippen LogP contribution in [0, 0.1) is 10.1 Å². The number of anilines is 2. The molecule has 0 unspecified atom stereocenters. The molecule has 0 aliphatic carbocycles. The Bertz CT molecular complexity index is 821. The number of nitro groups is 1. The Morgan fingerprint density at radius 2 is 2.12 bits per heavy atom. The van der Waals surface area contributed by atoms with E-state index in [1.807, 2.05) is 12.1 Å². The zero-order valence-corrected chi connectivity index (χ0v) is 14.3. The Labute approximate surface area is 150 Å². The molecule has 3 rings (SSSR count). The van der Waals surface area contributed by atoms with Crippen molar-refractivity contribution in [2.75, 3.05) is 30.4 Å². The van der Waals surface area contributed by atoms with E-state index < -0.39 is 10.9 Å². The molecule has 9 heteroatoms. The fourth-order valence-corrected chi connectivity index (χ4v) is 2.83. The number of esters is 1. The van der Waals surface area contributed by atoms with E-state index in [9.17, 15) is 14.9 Å². The number of carbonyl (C=O) groups excluding carboxylic acids is 1. The number of hydrogen-bond donors (Lipinski definition) is 1. The van der Waals surface area contributed by atoms with Gasteiger partial charge in [0.15, 0.2) is 0 Å². The molecule has 1 fully saturated rings. The highest BCUT2D eigenvalue weighted by atomic mass is 16.6. The van der Waals surface area contributed by atoms with Gasteiger partial charge in [0.2, 0.25) is 5.82 Å². The van der Waals surface area contributed by atoms with Gasteiger partial charge in [0.25, 0.3) is 0 Å². The molecule has 1 aliphatic heterocycles. The van der Waals surface area contributed by atoms with Gasteiger partial charge in [-0.1, -0.05) is 0 Å². The van der Waals surface area contributed by atoms with Crippen LogP contribution in [0.4, 0.5) is 17.3 Å². The van der Waals surface area contributed by atoms with E-state index in [1.54, 1.807) is 6.20 Å². The molecule has 2 aromatic rings. The van der Waals surface area contributed by atoms with Crippen molar-refractivity contribution in [3.63, 3.8) is 0 Å². The first-order valence-electron chi connectivity index (χ1n) is 8.25. The summed E-state index contributed by atoms with van der Waals surface area (Å²) in [5.41, 5.74) is 0.696. The van der Waals surface area contributed by atoms with Crippen LogP contribution in [0.5, 0.6) is 0 Å². The number of carbonyl (C=O) groups is 1. The maximum Gasteiger partial charge on any atom is 0.339 e. The fraction of sp³-hybridized carbons (Fsp3) is 0.353. The molecular weight excluding hydrogens is 338 g/mol. The first-order valence-corrected chi connectivity index (χ1v) is 8.25. The molecule has 1 aliphatic rings. The van der Waals surface area contributed by atoms with Crippen LogP contribution in [-0.2, 0) is 11.3 Å². The second kappa shape index (κ2) is 7.77. The molecule has 3 heterocycles. The molecule has 0 aromatic carbocycles. The van der Waals surface area contributed by atoms with Gasteiger partial charge >= 0.3 is 11.7 Å². The average molecular weight is 357 g/mol. The highest BCUT2D eigenvalue weighted by molar-refractivity contribution is 5.90. The first-order chi connectivity index (χ1) is 12.6. The Morgan fingerprint density at radius 3 is 2.81 bits per heavy atom. The highest BCUT2D eigenvalue weighted by Crippen LogP contribution is 2.24. The second-order valence-corrected chi connectivity index (χ2v) is 5.91. The summed E-state index contributed by atoms with van der Waals surface area (Å²) in [5.74, 6) is 0.337. The van der Waals surface area contributed by atoms with E-state index in [1.165, 1.54) is 13.3 Å². The number of methoxy groups -OCH3 is 1. The Hall–Kier alpha value is -3.23. The Morgan fingerprint density at radius 1 is 1.35 bits per heavy atom. The fourth-order valence-electron chi connectivity index (χ4n) is 2.83. The molecule has 9 nitrogen and oxygen atoms in total. The molecule has 0 saturated carbocycles. The first kappa shape index (κ1) is 17.6. The Kier molecular flexibility index (Phi) is 5.26. The lowest BCUT2D eigenvalue weighted by atomic mass is 10.2. The Balaban J connectivity index is 1.76. The third-order valence-electron chi connectivity index (χ3n) is 4.19. The van der Waals surface area contributed by atoms with Crippen molar-refractivity contribution in [2.45, 2.75) is 19.4 Å². The third kappa shape index (κ3) is 3.88. The molecule has 1 saturated heterocycles. The average Bonchev–Trinajstić information content (AvgIpc) is 3.20. The van der Waals surface area contributed by atoms with Gasteiger partial charge in [-0.2, -0.15) is 0 Å². The van der Waals surface area contributed by atoms with Crippen molar-refractivity contribution in [3.05, 3.63) is 51.8 Å². The number of ether oxygens (including phenoxy) is 1. The number of aromatic nitrogens is 2. The van der Waals surface area contributed by atoms with E-state index in [0.717, 1.165) is 43.4 Å². The summed E-state index contributed by atoms with van der Waals surface area (Å²) >= 11 is 0. The monoisotopic (exact) mass is 357 g/mol. The van der Waals surface area contributed by atoms with Crippen LogP contribution in [-0.4, -0.2) is 41.1 Å². The van der Waals surface area contributed by atoms with Crippen molar-refractivity contribution in [1.29, 1.82) is 0 Å². The van der Waals surface area contributed by atoms with Crippen LogP contribution in [0.1, 0.15) is 28.8 Å². The summed E-state index contributed by atoms with van der Waals surface area (Å²) in [6, 6.07) is 4.97. The zero-order valence-electron chi connectivity index (χ0n) is 14.3. The largest absolute Gasteiger partial charge is 0.465 e. The molecule has 0 atom stereocenters. The lowest BCUT2D eigenvalue weighted by molar-refractivity contribution is -0.384. The summed E-state index contributed by atoms with van der Waals surface area (Å²) < 4.78 is 4.57. The molecule has 0 spiro atoms. The van der Waals surface area contributed by atoms with Crippen LogP contribution < -0.4 is 10.2 Å². The normalized spacial score (nSPS) is 13.5. The topological polar surface area (TPSA) is 110 Å². The zero-order chi connectivity index (χ0) is 18.5. The van der Waals surface area contributed by atoms with E-state index in [2.05, 4.69) is 24.9 Å². The molecule has 26 heavy (non-hydrogen) atoms. The van der Waals surface area contributed by atoms with Crippen molar-refractivity contribution in [1.82, 2.24) is 9.97 Å². The number of nitrogens with zero attached hydrogens (tertiary/aromatic N) is 4. The highest BCUT2D eigenvalue weighted by Gasteiger charge is 2.20. The molecule has 0 bridgehead atoms. The minimum absolute atomic E-state index is 0.0324. The lowest BCUT2D eigenvalue weighted by Gasteiger charge is -2.17. The summed E-state index contributed by atoms with van der Waals surface area (Å²) in [6.07, 6.45) is 5.30. The number of nitrogens with one attached hydrogen (secondary N) is 1. The minimum atomic E-state index is -0.670. The SMILES string of the molecule is COC(=O)c1cnc(NCc2ccnc(N3CCCC3)c2)c([N+](=O)[O-])c1. The maximum atomic E-state index is 11.5. The molecule has 136 valence electrons. The van der Waals surface area contributed by atoms with E-state index in [0.29, 0.717) is 6.54 Å². The van der Waals surface area contributed by atoms with E-state index >= 15 is 0 Å². The summed E-state index contributed by atoms with van der Waals surface area (Å²) in [4.78, 5) is 32.8. The van der Waals surface area contributed by atoms with Gasteiger partial charge in [0.05, 0.1) is 17.6 Å². The van der Waals surface area contributed by atoms with Gasteiger partial charge in [-0.3, -0.25) is 10.1 Å². The minimum Gasteiger partial charge on any atom is -0.465 e. The van der Waals surface area contributed by atoms with Crippen LogP contribution >= 0.6 is 0 Å². The smallest absolute Gasteiger partial charge is 0.339 e. The molecule has 2 aromatic heterocycles. The lowest BCUT2D eigenvalue weighted by Crippen LogP contribution is -2.19. The van der Waals surface area contributed by atoms with Crippen LogP contribution in [0.25, 0.3) is 0 Å². The quantitative estimate of drug-likeness (QED) is 0.477. The van der Waals surface area contributed by atoms with Crippen LogP contribution in [0.2, 0.25) is 0 Å². The number of rotatable bonds is 6. The van der Waals surface area contributed by atoms with Gasteiger partial charge in [-0.05, 0) is 30.5 Å². The summed E-state index contributed by atoms with van der Waals surface area (Å²) in [5, 5.41) is 14.2. The predicted octanol–water partition coefficient (Wildman–Crippen LogP) is 2.38. The summed E-state index contributed by atoms with van der Waals surface area (Å²) in [6.45, 7) is 2.34. The molecular formula is C17H19N5O4. The van der Waals surface area contributed by atoms with Gasteiger partial charge in [-0.15, -0.1) is 0 Å². The van der Waals surface area contributed by atoms with Crippen LogP contribution in [0.15, 0.2) is 30.6 Å². The van der Waals surface area contributed by atoms with Gasteiger partial charge < -0.3 is 15.0 Å². The predicted molar refractivity (Wildman–Crippen MR) is 95.2 cm³/mol. The van der Waals surface area contributed by atoms with E-state index in [4.69, 9.17) is 0 Å². The summed E-state index contributed by atoms with van der Waals surface area (Å²) in [7, 11) is 1.21. The maximum absolute atomic E-state index is 11.5. The van der Waals surface area contributed by atoms with E-state index in [-0.39, 0.29) is 17.1 Å².